The molecule has 0 aliphatic carbocycles. The Labute approximate surface area is 43.2 Å². The molecule has 0 saturated carbocycles. The summed E-state index contributed by atoms with van der Waals surface area (Å²) in [6, 6.07) is 0. The van der Waals surface area contributed by atoms with E-state index in [2.05, 4.69) is 0 Å². The van der Waals surface area contributed by atoms with Crippen LogP contribution < -0.4 is 0 Å². The lowest BCUT2D eigenvalue weighted by Crippen LogP contribution is -1.92. The van der Waals surface area contributed by atoms with E-state index in [9.17, 15) is 0 Å². The van der Waals surface area contributed by atoms with Gasteiger partial charge in [0.25, 0.3) is 0 Å². The van der Waals surface area contributed by atoms with E-state index in [1.807, 2.05) is 0 Å². The van der Waals surface area contributed by atoms with Gasteiger partial charge in [-0.1, -0.05) is 0 Å². The van der Waals surface area contributed by atoms with Gasteiger partial charge < -0.3 is 15.3 Å². The molecule has 0 amide bonds. The number of hydrogen-bond acceptors (Lipinski definition) is 3. The molecule has 3 heteroatoms. The molecule has 0 aromatic heterocycles. The maximum atomic E-state index is 7.61. The molecule has 0 saturated heterocycles. The highest BCUT2D eigenvalue weighted by Gasteiger charge is 1.70. The fraction of sp³-hybridized carbons (Fsp3) is 1.00. The molecule has 0 bridgehead atoms. The first-order valence-electron chi connectivity index (χ1n) is 2.12. The summed E-state index contributed by atoms with van der Waals surface area (Å²) in [6.07, 6.45) is -1.17. The van der Waals surface area contributed by atoms with Crippen LogP contribution in [0.4, 0.5) is 0 Å². The van der Waals surface area contributed by atoms with Crippen molar-refractivity contribution >= 4 is 0 Å². The summed E-state index contributed by atoms with van der Waals surface area (Å²) < 4.78 is 0. The first-order valence-corrected chi connectivity index (χ1v) is 2.12. The molecular formula is C4H12O3. The molecule has 3 nitrogen and oxygen atoms in total. The van der Waals surface area contributed by atoms with Crippen molar-refractivity contribution in [3.63, 3.8) is 0 Å². The highest BCUT2D eigenvalue weighted by molar-refractivity contribution is 4.02. The van der Waals surface area contributed by atoms with Crippen LogP contribution in [0.5, 0.6) is 0 Å². The fourth-order valence-corrected chi connectivity index (χ4v) is 0. The smallest absolute Gasteiger partial charge is 0.148 e. The number of aliphatic hydroxyl groups is 3. The largest absolute Gasteiger partial charge is 0.397 e. The first kappa shape index (κ1) is 9.99. The third kappa shape index (κ3) is 6150. The number of rotatable bonds is 0. The minimum atomic E-state index is -1.17. The lowest BCUT2D eigenvalue weighted by molar-refractivity contribution is -0.0228. The molecule has 0 atom stereocenters. The zero-order chi connectivity index (χ0) is 6.28. The van der Waals surface area contributed by atoms with E-state index in [0.717, 1.165) is 0 Å². The normalized spacial score (nSPS) is 7.71. The molecule has 0 aliphatic heterocycles. The van der Waals surface area contributed by atoms with Crippen molar-refractivity contribution in [1.29, 1.82) is 0 Å². The van der Waals surface area contributed by atoms with Crippen LogP contribution in [-0.4, -0.2) is 28.2 Å². The van der Waals surface area contributed by atoms with Gasteiger partial charge in [0, 0.05) is 6.61 Å². The van der Waals surface area contributed by atoms with Gasteiger partial charge in [-0.3, -0.25) is 0 Å². The summed E-state index contributed by atoms with van der Waals surface area (Å²) in [4.78, 5) is 0. The van der Waals surface area contributed by atoms with Crippen LogP contribution in [0.3, 0.4) is 0 Å². The van der Waals surface area contributed by atoms with Crippen molar-refractivity contribution in [2.75, 3.05) is 6.61 Å². The van der Waals surface area contributed by atoms with Crippen LogP contribution >= 0.6 is 0 Å². The van der Waals surface area contributed by atoms with Gasteiger partial charge in [0.15, 0.2) is 0 Å². The number of hydrogen-bond donors (Lipinski definition) is 3. The summed E-state index contributed by atoms with van der Waals surface area (Å²) in [7, 11) is 0. The number of aliphatic hydroxyl groups excluding tert-OH is 2. The molecular weight excluding hydrogens is 96.0 g/mol. The van der Waals surface area contributed by atoms with E-state index in [-0.39, 0.29) is 6.61 Å². The zero-order valence-electron chi connectivity index (χ0n) is 4.63. The topological polar surface area (TPSA) is 60.7 Å². The van der Waals surface area contributed by atoms with Crippen LogP contribution in [0, 0.1) is 0 Å². The quantitative estimate of drug-likeness (QED) is 0.360. The molecule has 0 aromatic rings. The van der Waals surface area contributed by atoms with E-state index >= 15 is 0 Å². The Morgan fingerprint density at radius 1 is 1.43 bits per heavy atom. The average Bonchev–Trinajstić information content (AvgIpc) is 1.33. The fourth-order valence-electron chi connectivity index (χ4n) is 0. The molecule has 0 unspecified atom stereocenters. The lowest BCUT2D eigenvalue weighted by atomic mass is 10.8. The predicted octanol–water partition coefficient (Wildman–Crippen LogP) is -0.684. The molecule has 7 heavy (non-hydrogen) atoms. The van der Waals surface area contributed by atoms with Crippen molar-refractivity contribution in [3.05, 3.63) is 0 Å². The molecule has 0 radical (unpaired) electrons. The van der Waals surface area contributed by atoms with Gasteiger partial charge in [-0.2, -0.15) is 0 Å². The van der Waals surface area contributed by atoms with Gasteiger partial charge in [0.05, 0.1) is 0 Å². The summed E-state index contributed by atoms with van der Waals surface area (Å²) >= 11 is 0. The zero-order valence-corrected chi connectivity index (χ0v) is 4.63. The Kier molecular flexibility index (Phi) is 13.3. The van der Waals surface area contributed by atoms with Crippen LogP contribution in [0.15, 0.2) is 0 Å². The highest BCUT2D eigenvalue weighted by atomic mass is 16.5. The summed E-state index contributed by atoms with van der Waals surface area (Å²) in [6.45, 7) is 3.21. The molecule has 0 fully saturated rings. The maximum Gasteiger partial charge on any atom is 0.148 e. The molecule has 0 heterocycles. The minimum Gasteiger partial charge on any atom is -0.397 e. The predicted molar refractivity (Wildman–Crippen MR) is 26.7 cm³/mol. The Hall–Kier alpha value is -0.120. The lowest BCUT2D eigenvalue weighted by Gasteiger charge is -1.80. The molecule has 0 spiro atoms. The van der Waals surface area contributed by atoms with E-state index < -0.39 is 6.29 Å². The van der Waals surface area contributed by atoms with E-state index in [0.29, 0.717) is 0 Å². The van der Waals surface area contributed by atoms with Crippen LogP contribution in [0.2, 0.25) is 0 Å². The second kappa shape index (κ2) is 9.30. The molecule has 0 rings (SSSR count). The molecule has 0 aliphatic rings. The summed E-state index contributed by atoms with van der Waals surface area (Å²) in [5.41, 5.74) is 0. The van der Waals surface area contributed by atoms with Gasteiger partial charge in [-0.15, -0.1) is 0 Å². The van der Waals surface area contributed by atoms with Gasteiger partial charge in [0.2, 0.25) is 0 Å². The second-order valence-corrected chi connectivity index (χ2v) is 0.948. The highest BCUT2D eigenvalue weighted by Crippen LogP contribution is 1.57. The van der Waals surface area contributed by atoms with Gasteiger partial charge in [-0.25, -0.2) is 0 Å². The Morgan fingerprint density at radius 2 is 1.43 bits per heavy atom. The second-order valence-electron chi connectivity index (χ2n) is 0.948. The van der Waals surface area contributed by atoms with Crippen molar-refractivity contribution < 1.29 is 15.3 Å². The van der Waals surface area contributed by atoms with Gasteiger partial charge >= 0.3 is 0 Å². The monoisotopic (exact) mass is 108 g/mol. The SMILES string of the molecule is CC(O)O.CCO. The Morgan fingerprint density at radius 3 is 1.43 bits per heavy atom. The minimum absolute atomic E-state index is 0.250. The Balaban J connectivity index is 0. The molecule has 46 valence electrons. The standard InChI is InChI=1S/C2H6O2.C2H6O/c1-2(3)4;1-2-3/h2-4H,1H3;3H,2H2,1H3. The van der Waals surface area contributed by atoms with Crippen LogP contribution in [-0.2, 0) is 0 Å². The molecule has 3 N–H and O–H groups in total. The van der Waals surface area contributed by atoms with Crippen molar-refractivity contribution in [1.82, 2.24) is 0 Å². The third-order valence-corrected chi connectivity index (χ3v) is 0. The van der Waals surface area contributed by atoms with Gasteiger partial charge in [0.1, 0.15) is 6.29 Å². The maximum absolute atomic E-state index is 7.61. The average molecular weight is 108 g/mol. The summed E-state index contributed by atoms with van der Waals surface area (Å²) in [5.74, 6) is 0. The van der Waals surface area contributed by atoms with Crippen LogP contribution in [0.25, 0.3) is 0 Å². The van der Waals surface area contributed by atoms with E-state index in [1.165, 1.54) is 6.92 Å². The van der Waals surface area contributed by atoms with Crippen molar-refractivity contribution in [3.8, 4) is 0 Å². The Bertz CT molecular complexity index is 18.1. The van der Waals surface area contributed by atoms with Crippen molar-refractivity contribution in [2.24, 2.45) is 0 Å². The molecule has 0 aromatic carbocycles. The van der Waals surface area contributed by atoms with Crippen LogP contribution in [0.1, 0.15) is 13.8 Å². The van der Waals surface area contributed by atoms with E-state index in [4.69, 9.17) is 15.3 Å². The third-order valence-electron chi connectivity index (χ3n) is 0. The first-order chi connectivity index (χ1) is 3.15. The van der Waals surface area contributed by atoms with Crippen molar-refractivity contribution in [2.45, 2.75) is 20.1 Å². The van der Waals surface area contributed by atoms with Gasteiger partial charge in [-0.05, 0) is 13.8 Å². The van der Waals surface area contributed by atoms with E-state index in [1.54, 1.807) is 6.92 Å². The summed E-state index contributed by atoms with van der Waals surface area (Å²) in [5, 5.41) is 22.8.